The number of carbonyl (C=O) groups excluding carboxylic acids is 1. The van der Waals surface area contributed by atoms with Crippen LogP contribution >= 0.6 is 0 Å². The molecule has 0 saturated carbocycles. The second kappa shape index (κ2) is 7.77. The predicted octanol–water partition coefficient (Wildman–Crippen LogP) is 2.93. The fraction of sp³-hybridized carbons (Fsp3) is 0.0909. The number of anilines is 2. The van der Waals surface area contributed by atoms with Crippen LogP contribution in [0.4, 0.5) is 11.4 Å². The molecule has 0 bridgehead atoms. The summed E-state index contributed by atoms with van der Waals surface area (Å²) in [7, 11) is -0.411. The summed E-state index contributed by atoms with van der Waals surface area (Å²) in [5.74, 6) is -0.402. The molecule has 4 rings (SSSR count). The fourth-order valence-corrected chi connectivity index (χ4v) is 4.40. The second-order valence-electron chi connectivity index (χ2n) is 7.06. The molecule has 9 heteroatoms. The molecule has 0 unspecified atom stereocenters. The summed E-state index contributed by atoms with van der Waals surface area (Å²) in [4.78, 5) is 24.9. The maximum Gasteiger partial charge on any atom is 0.328 e. The van der Waals surface area contributed by atoms with Crippen molar-refractivity contribution in [2.75, 3.05) is 10.0 Å². The highest BCUT2D eigenvalue weighted by atomic mass is 32.2. The van der Waals surface area contributed by atoms with E-state index in [0.29, 0.717) is 11.2 Å². The predicted molar refractivity (Wildman–Crippen MR) is 120 cm³/mol. The lowest BCUT2D eigenvalue weighted by atomic mass is 10.2. The maximum absolute atomic E-state index is 12.7. The first-order valence-corrected chi connectivity index (χ1v) is 10.9. The number of sulfonamides is 1. The van der Waals surface area contributed by atoms with Crippen molar-refractivity contribution in [2.24, 2.45) is 14.1 Å². The Morgan fingerprint density at radius 3 is 2.26 bits per heavy atom. The zero-order chi connectivity index (χ0) is 22.2. The zero-order valence-corrected chi connectivity index (χ0v) is 17.7. The van der Waals surface area contributed by atoms with Crippen molar-refractivity contribution in [3.8, 4) is 0 Å². The van der Waals surface area contributed by atoms with E-state index in [-0.39, 0.29) is 21.8 Å². The Bertz CT molecular complexity index is 1450. The lowest BCUT2D eigenvalue weighted by molar-refractivity contribution is 0.102. The van der Waals surface area contributed by atoms with Crippen LogP contribution in [0.25, 0.3) is 11.0 Å². The molecule has 8 nitrogen and oxygen atoms in total. The van der Waals surface area contributed by atoms with Crippen LogP contribution in [0.1, 0.15) is 10.4 Å². The molecule has 0 saturated heterocycles. The Kier molecular flexibility index (Phi) is 5.12. The van der Waals surface area contributed by atoms with Crippen molar-refractivity contribution in [3.05, 3.63) is 88.8 Å². The molecule has 1 heterocycles. The van der Waals surface area contributed by atoms with Crippen molar-refractivity contribution in [1.82, 2.24) is 9.13 Å². The van der Waals surface area contributed by atoms with Crippen LogP contribution in [0.2, 0.25) is 0 Å². The molecule has 158 valence electrons. The molecule has 0 aliphatic carbocycles. The smallest absolute Gasteiger partial charge is 0.322 e. The van der Waals surface area contributed by atoms with Gasteiger partial charge in [0.15, 0.2) is 0 Å². The summed E-state index contributed by atoms with van der Waals surface area (Å²) in [5.41, 5.74) is 2.37. The molecular formula is C22H20N4O4S. The summed E-state index contributed by atoms with van der Waals surface area (Å²) in [6, 6.07) is 19.4. The molecule has 0 atom stereocenters. The van der Waals surface area contributed by atoms with Crippen molar-refractivity contribution in [1.29, 1.82) is 0 Å². The third kappa shape index (κ3) is 3.95. The monoisotopic (exact) mass is 436 g/mol. The van der Waals surface area contributed by atoms with Gasteiger partial charge in [0.1, 0.15) is 0 Å². The van der Waals surface area contributed by atoms with Crippen LogP contribution in [0.5, 0.6) is 0 Å². The highest BCUT2D eigenvalue weighted by molar-refractivity contribution is 7.92. The van der Waals surface area contributed by atoms with Crippen molar-refractivity contribution in [2.45, 2.75) is 4.90 Å². The molecule has 0 aliphatic rings. The van der Waals surface area contributed by atoms with E-state index in [1.807, 2.05) is 0 Å². The maximum atomic E-state index is 12.7. The molecule has 3 aromatic carbocycles. The molecule has 1 amide bonds. The number of aryl methyl sites for hydroxylation is 2. The second-order valence-corrected chi connectivity index (χ2v) is 8.74. The number of amides is 1. The van der Waals surface area contributed by atoms with E-state index in [4.69, 9.17) is 0 Å². The van der Waals surface area contributed by atoms with E-state index in [1.54, 1.807) is 68.7 Å². The molecule has 2 N–H and O–H groups in total. The zero-order valence-electron chi connectivity index (χ0n) is 16.9. The molecule has 4 aromatic rings. The van der Waals surface area contributed by atoms with E-state index in [0.717, 1.165) is 5.52 Å². The SMILES string of the molecule is Cn1c(=O)n(C)c2cc(NC(=O)c3cccc(NS(=O)(=O)c4ccccc4)c3)ccc21. The number of hydrogen-bond acceptors (Lipinski definition) is 4. The first-order chi connectivity index (χ1) is 14.8. The van der Waals surface area contributed by atoms with Gasteiger partial charge in [-0.05, 0) is 48.5 Å². The summed E-state index contributed by atoms with van der Waals surface area (Å²) in [6.07, 6.45) is 0. The van der Waals surface area contributed by atoms with Gasteiger partial charge in [-0.15, -0.1) is 0 Å². The first kappa shape index (κ1) is 20.4. The molecule has 0 radical (unpaired) electrons. The number of rotatable bonds is 5. The minimum atomic E-state index is -3.76. The molecule has 0 fully saturated rings. The molecular weight excluding hydrogens is 416 g/mol. The first-order valence-electron chi connectivity index (χ1n) is 9.41. The number of benzene rings is 3. The van der Waals surface area contributed by atoms with Gasteiger partial charge < -0.3 is 5.32 Å². The van der Waals surface area contributed by atoms with Gasteiger partial charge >= 0.3 is 5.69 Å². The van der Waals surface area contributed by atoms with E-state index >= 15 is 0 Å². The van der Waals surface area contributed by atoms with Gasteiger partial charge in [0.05, 0.1) is 15.9 Å². The van der Waals surface area contributed by atoms with Gasteiger partial charge in [-0.3, -0.25) is 18.7 Å². The van der Waals surface area contributed by atoms with E-state index in [2.05, 4.69) is 10.0 Å². The average molecular weight is 436 g/mol. The molecule has 31 heavy (non-hydrogen) atoms. The number of fused-ring (bicyclic) bond motifs is 1. The number of nitrogens with one attached hydrogen (secondary N) is 2. The number of nitrogens with zero attached hydrogens (tertiary/aromatic N) is 2. The third-order valence-corrected chi connectivity index (χ3v) is 6.36. The normalized spacial score (nSPS) is 11.4. The number of hydrogen-bond donors (Lipinski definition) is 2. The topological polar surface area (TPSA) is 102 Å². The highest BCUT2D eigenvalue weighted by Gasteiger charge is 2.15. The number of imidazole rings is 1. The van der Waals surface area contributed by atoms with E-state index in [9.17, 15) is 18.0 Å². The van der Waals surface area contributed by atoms with E-state index in [1.165, 1.54) is 27.3 Å². The standard InChI is InChI=1S/C22H20N4O4S/c1-25-19-12-11-16(14-20(19)26(2)22(25)28)23-21(27)15-7-6-8-17(13-15)24-31(29,30)18-9-4-3-5-10-18/h3-14,24H,1-2H3,(H,23,27). The Morgan fingerprint density at radius 1 is 0.806 bits per heavy atom. The Labute approximate surface area is 178 Å². The van der Waals surface area contributed by atoms with Gasteiger partial charge in [-0.2, -0.15) is 0 Å². The minimum absolute atomic E-state index is 0.131. The van der Waals surface area contributed by atoms with Gasteiger partial charge in [-0.25, -0.2) is 13.2 Å². The van der Waals surface area contributed by atoms with Crippen LogP contribution in [-0.4, -0.2) is 23.5 Å². The van der Waals surface area contributed by atoms with Gasteiger partial charge in [0.25, 0.3) is 15.9 Å². The van der Waals surface area contributed by atoms with Crippen molar-refractivity contribution in [3.63, 3.8) is 0 Å². The minimum Gasteiger partial charge on any atom is -0.322 e. The molecule has 1 aromatic heterocycles. The van der Waals surface area contributed by atoms with Crippen LogP contribution in [0, 0.1) is 0 Å². The lowest BCUT2D eigenvalue weighted by Crippen LogP contribution is -2.19. The largest absolute Gasteiger partial charge is 0.328 e. The Hall–Kier alpha value is -3.85. The lowest BCUT2D eigenvalue weighted by Gasteiger charge is -2.10. The molecule has 0 aliphatic heterocycles. The Morgan fingerprint density at radius 2 is 1.52 bits per heavy atom. The Balaban J connectivity index is 1.57. The van der Waals surface area contributed by atoms with Crippen LogP contribution in [-0.2, 0) is 24.1 Å². The van der Waals surface area contributed by atoms with Crippen LogP contribution in [0.3, 0.4) is 0 Å². The number of aromatic nitrogens is 2. The van der Waals surface area contributed by atoms with Crippen LogP contribution in [0.15, 0.2) is 82.5 Å². The van der Waals surface area contributed by atoms with Gasteiger partial charge in [-0.1, -0.05) is 24.3 Å². The number of carbonyl (C=O) groups is 1. The van der Waals surface area contributed by atoms with E-state index < -0.39 is 15.9 Å². The summed E-state index contributed by atoms with van der Waals surface area (Å²) < 4.78 is 30.6. The summed E-state index contributed by atoms with van der Waals surface area (Å²) >= 11 is 0. The summed E-state index contributed by atoms with van der Waals surface area (Å²) in [5, 5.41) is 2.79. The van der Waals surface area contributed by atoms with Crippen LogP contribution < -0.4 is 15.7 Å². The highest BCUT2D eigenvalue weighted by Crippen LogP contribution is 2.20. The van der Waals surface area contributed by atoms with Gasteiger partial charge in [0, 0.05) is 31.0 Å². The quantitative estimate of drug-likeness (QED) is 0.502. The van der Waals surface area contributed by atoms with Crippen molar-refractivity contribution >= 4 is 38.3 Å². The third-order valence-electron chi connectivity index (χ3n) is 4.96. The molecule has 0 spiro atoms. The fourth-order valence-electron chi connectivity index (χ4n) is 3.33. The summed E-state index contributed by atoms with van der Waals surface area (Å²) in [6.45, 7) is 0. The van der Waals surface area contributed by atoms with Gasteiger partial charge in [0.2, 0.25) is 0 Å². The van der Waals surface area contributed by atoms with Crippen molar-refractivity contribution < 1.29 is 13.2 Å². The average Bonchev–Trinajstić information content (AvgIpc) is 2.98.